The maximum atomic E-state index is 12.5. The number of hydrogen-bond acceptors (Lipinski definition) is 11. The average Bonchev–Trinajstić information content (AvgIpc) is 2.95. The number of nitro groups is 2. The number of nitrogens with one attached hydrogen (secondary N) is 2. The molecule has 0 aromatic heterocycles. The predicted octanol–water partition coefficient (Wildman–Crippen LogP) is 3.20. The molecule has 0 spiro atoms. The number of carbonyl (C=O) groups excluding carboxylic acids is 2. The summed E-state index contributed by atoms with van der Waals surface area (Å²) < 4.78 is 21.2. The molecule has 15 nitrogen and oxygen atoms in total. The molecule has 0 saturated heterocycles. The summed E-state index contributed by atoms with van der Waals surface area (Å²) in [6.07, 6.45) is 1.29. The van der Waals surface area contributed by atoms with E-state index in [1.165, 1.54) is 51.8 Å². The second kappa shape index (κ2) is 13.2. The molecule has 0 saturated carbocycles. The fraction of sp³-hybridized carbons (Fsp3) is 0.160. The largest absolute Gasteiger partial charge is 0.493 e. The first-order chi connectivity index (χ1) is 19.2. The van der Waals surface area contributed by atoms with Crippen LogP contribution in [-0.2, 0) is 4.79 Å². The Bertz CT molecular complexity index is 1450. The van der Waals surface area contributed by atoms with E-state index in [9.17, 15) is 29.8 Å². The summed E-state index contributed by atoms with van der Waals surface area (Å²) in [6.45, 7) is -0.389. The molecule has 2 N–H and O–H groups in total. The van der Waals surface area contributed by atoms with E-state index in [2.05, 4.69) is 15.8 Å². The van der Waals surface area contributed by atoms with Gasteiger partial charge in [-0.15, -0.1) is 0 Å². The van der Waals surface area contributed by atoms with E-state index < -0.39 is 33.0 Å². The molecule has 208 valence electrons. The van der Waals surface area contributed by atoms with Gasteiger partial charge in [-0.3, -0.25) is 29.8 Å². The molecule has 0 fully saturated rings. The van der Waals surface area contributed by atoms with E-state index in [1.807, 2.05) is 0 Å². The highest BCUT2D eigenvalue weighted by molar-refractivity contribution is 5.97. The minimum Gasteiger partial charge on any atom is -0.493 e. The van der Waals surface area contributed by atoms with Crippen molar-refractivity contribution in [3.63, 3.8) is 0 Å². The zero-order chi connectivity index (χ0) is 29.2. The third kappa shape index (κ3) is 7.18. The van der Waals surface area contributed by atoms with Gasteiger partial charge in [-0.1, -0.05) is 12.1 Å². The number of nitro benzene ring substituents is 2. The summed E-state index contributed by atoms with van der Waals surface area (Å²) in [4.78, 5) is 45.4. The molecule has 2 amide bonds. The van der Waals surface area contributed by atoms with Crippen molar-refractivity contribution in [2.45, 2.75) is 0 Å². The van der Waals surface area contributed by atoms with Crippen LogP contribution in [0, 0.1) is 20.2 Å². The Kier molecular flexibility index (Phi) is 9.50. The van der Waals surface area contributed by atoms with Crippen LogP contribution >= 0.6 is 0 Å². The fourth-order valence-corrected chi connectivity index (χ4v) is 3.33. The van der Waals surface area contributed by atoms with Gasteiger partial charge in [0.15, 0.2) is 11.5 Å². The van der Waals surface area contributed by atoms with Crippen LogP contribution in [0.3, 0.4) is 0 Å². The molecule has 0 bridgehead atoms. The van der Waals surface area contributed by atoms with Crippen molar-refractivity contribution >= 4 is 29.4 Å². The van der Waals surface area contributed by atoms with E-state index in [1.54, 1.807) is 12.1 Å². The number of methoxy groups -OCH3 is 3. The molecule has 0 aliphatic rings. The van der Waals surface area contributed by atoms with Crippen LogP contribution in [0.4, 0.5) is 11.4 Å². The summed E-state index contributed by atoms with van der Waals surface area (Å²) in [5.74, 6) is -0.333. The molecule has 0 unspecified atom stereocenters. The van der Waals surface area contributed by atoms with Gasteiger partial charge < -0.3 is 24.3 Å². The summed E-state index contributed by atoms with van der Waals surface area (Å²) in [5.41, 5.74) is 1.88. The van der Waals surface area contributed by atoms with Crippen LogP contribution in [0.1, 0.15) is 15.9 Å². The molecule has 15 heteroatoms. The molecule has 0 aliphatic heterocycles. The zero-order valence-electron chi connectivity index (χ0n) is 21.4. The summed E-state index contributed by atoms with van der Waals surface area (Å²) >= 11 is 0. The smallest absolute Gasteiger partial charge is 0.318 e. The Morgan fingerprint density at radius 2 is 1.60 bits per heavy atom. The highest BCUT2D eigenvalue weighted by atomic mass is 16.6. The molecule has 3 aromatic carbocycles. The lowest BCUT2D eigenvalue weighted by molar-refractivity contribution is -0.394. The molecule has 3 rings (SSSR count). The highest BCUT2D eigenvalue weighted by Crippen LogP contribution is 2.38. The number of rotatable bonds is 12. The van der Waals surface area contributed by atoms with Gasteiger partial charge in [0.1, 0.15) is 5.75 Å². The number of hydrogen-bond donors (Lipinski definition) is 2. The van der Waals surface area contributed by atoms with Crippen LogP contribution in [0.15, 0.2) is 59.7 Å². The summed E-state index contributed by atoms with van der Waals surface area (Å²) in [6, 6.07) is 12.1. The summed E-state index contributed by atoms with van der Waals surface area (Å²) in [5, 5.41) is 28.5. The third-order valence-electron chi connectivity index (χ3n) is 5.18. The lowest BCUT2D eigenvalue weighted by Gasteiger charge is -2.14. The molecule has 3 aromatic rings. The molecular weight excluding hydrogens is 530 g/mol. The van der Waals surface area contributed by atoms with Crippen molar-refractivity contribution < 1.29 is 38.4 Å². The highest BCUT2D eigenvalue weighted by Gasteiger charge is 2.21. The van der Waals surface area contributed by atoms with Gasteiger partial charge in [0.25, 0.3) is 17.5 Å². The SMILES string of the molecule is COc1cc(C(=O)NCC(=O)N/N=C/c2cccc(Oc3ccc([N+](=O)[O-])cc3[N+](=O)[O-])c2)cc(OC)c1OC. The number of benzene rings is 3. The van der Waals surface area contributed by atoms with Gasteiger partial charge in [0.2, 0.25) is 11.5 Å². The predicted molar refractivity (Wildman–Crippen MR) is 140 cm³/mol. The van der Waals surface area contributed by atoms with Crippen molar-refractivity contribution in [1.82, 2.24) is 10.7 Å². The Balaban J connectivity index is 1.60. The third-order valence-corrected chi connectivity index (χ3v) is 5.18. The Morgan fingerprint density at radius 3 is 2.20 bits per heavy atom. The van der Waals surface area contributed by atoms with Crippen molar-refractivity contribution in [3.05, 3.63) is 86.0 Å². The Morgan fingerprint density at radius 1 is 0.900 bits per heavy atom. The van der Waals surface area contributed by atoms with E-state index in [-0.39, 0.29) is 35.1 Å². The first-order valence-corrected chi connectivity index (χ1v) is 11.3. The van der Waals surface area contributed by atoms with Crippen molar-refractivity contribution in [1.29, 1.82) is 0 Å². The minimum atomic E-state index is -0.788. The number of ether oxygens (including phenoxy) is 4. The minimum absolute atomic E-state index is 0.177. The quantitative estimate of drug-likeness (QED) is 0.191. The van der Waals surface area contributed by atoms with Crippen molar-refractivity contribution in [2.75, 3.05) is 27.9 Å². The van der Waals surface area contributed by atoms with Crippen LogP contribution in [0.2, 0.25) is 0 Å². The monoisotopic (exact) mass is 553 g/mol. The molecular formula is C25H23N5O10. The van der Waals surface area contributed by atoms with Gasteiger partial charge in [-0.05, 0) is 35.9 Å². The second-order valence-electron chi connectivity index (χ2n) is 7.73. The van der Waals surface area contributed by atoms with E-state index in [0.29, 0.717) is 11.3 Å². The van der Waals surface area contributed by atoms with Crippen molar-refractivity contribution in [3.8, 4) is 28.7 Å². The van der Waals surface area contributed by atoms with E-state index >= 15 is 0 Å². The first-order valence-electron chi connectivity index (χ1n) is 11.3. The number of non-ortho nitro benzene ring substituents is 1. The number of amides is 2. The van der Waals surface area contributed by atoms with Gasteiger partial charge in [0, 0.05) is 11.6 Å². The standard InChI is InChI=1S/C25H23N5O10/c1-37-21-10-16(11-22(38-2)24(21)39-3)25(32)26-14-23(31)28-27-13-15-5-4-6-18(9-15)40-20-8-7-17(29(33)34)12-19(20)30(35)36/h4-13H,14H2,1-3H3,(H,26,32)(H,28,31)/b27-13+. The fourth-order valence-electron chi connectivity index (χ4n) is 3.33. The normalized spacial score (nSPS) is 10.5. The lowest BCUT2D eigenvalue weighted by Crippen LogP contribution is -2.34. The van der Waals surface area contributed by atoms with Gasteiger partial charge in [-0.25, -0.2) is 5.43 Å². The topological polar surface area (TPSA) is 194 Å². The molecule has 0 heterocycles. The van der Waals surface area contributed by atoms with Gasteiger partial charge in [-0.2, -0.15) is 5.10 Å². The average molecular weight is 553 g/mol. The molecule has 40 heavy (non-hydrogen) atoms. The summed E-state index contributed by atoms with van der Waals surface area (Å²) in [7, 11) is 4.25. The maximum absolute atomic E-state index is 12.5. The van der Waals surface area contributed by atoms with Crippen LogP contribution < -0.4 is 29.7 Å². The van der Waals surface area contributed by atoms with Crippen LogP contribution in [0.25, 0.3) is 0 Å². The van der Waals surface area contributed by atoms with E-state index in [4.69, 9.17) is 18.9 Å². The molecule has 0 aliphatic carbocycles. The van der Waals surface area contributed by atoms with E-state index in [0.717, 1.165) is 18.2 Å². The Hall–Kier alpha value is -5.73. The maximum Gasteiger partial charge on any atom is 0.318 e. The second-order valence-corrected chi connectivity index (χ2v) is 7.73. The van der Waals surface area contributed by atoms with Gasteiger partial charge >= 0.3 is 5.69 Å². The Labute approximate surface area is 226 Å². The van der Waals surface area contributed by atoms with Crippen LogP contribution in [0.5, 0.6) is 28.7 Å². The first kappa shape index (κ1) is 28.8. The number of hydrazone groups is 1. The zero-order valence-corrected chi connectivity index (χ0v) is 21.4. The molecule has 0 radical (unpaired) electrons. The number of nitrogens with zero attached hydrogens (tertiary/aromatic N) is 3. The van der Waals surface area contributed by atoms with Crippen LogP contribution in [-0.4, -0.2) is 55.7 Å². The van der Waals surface area contributed by atoms with Gasteiger partial charge in [0.05, 0.1) is 50.0 Å². The lowest BCUT2D eigenvalue weighted by atomic mass is 10.1. The molecule has 0 atom stereocenters. The van der Waals surface area contributed by atoms with Crippen molar-refractivity contribution in [2.24, 2.45) is 5.10 Å². The number of carbonyl (C=O) groups is 2.